The van der Waals surface area contributed by atoms with E-state index in [2.05, 4.69) is 5.32 Å². The molecule has 2 aromatic rings. The topological polar surface area (TPSA) is 86.7 Å². The number of hydrogen-bond acceptors (Lipinski definition) is 4. The van der Waals surface area contributed by atoms with Gasteiger partial charge in [0.1, 0.15) is 6.04 Å². The maximum Gasteiger partial charge on any atom is 0.335 e. The second-order valence-corrected chi connectivity index (χ2v) is 5.69. The molecule has 1 aliphatic heterocycles. The first-order valence-electron chi connectivity index (χ1n) is 7.49. The average Bonchev–Trinajstić information content (AvgIpc) is 2.81. The van der Waals surface area contributed by atoms with Crippen molar-refractivity contribution in [2.75, 3.05) is 10.2 Å². The highest BCUT2D eigenvalue weighted by atomic mass is 16.4. The Morgan fingerprint density at radius 2 is 1.92 bits per heavy atom. The molecule has 1 fully saturated rings. The molecule has 6 heteroatoms. The van der Waals surface area contributed by atoms with E-state index in [9.17, 15) is 14.4 Å². The van der Waals surface area contributed by atoms with Gasteiger partial charge in [-0.15, -0.1) is 0 Å². The number of nitrogens with one attached hydrogen (secondary N) is 1. The Balaban J connectivity index is 1.84. The van der Waals surface area contributed by atoms with Crippen molar-refractivity contribution >= 4 is 29.2 Å². The Hall–Kier alpha value is -3.15. The van der Waals surface area contributed by atoms with Crippen LogP contribution in [-0.2, 0) is 9.59 Å². The van der Waals surface area contributed by atoms with Gasteiger partial charge < -0.3 is 10.4 Å². The fraction of sp³-hybridized carbons (Fsp3) is 0.167. The number of aromatic carboxylic acids is 1. The Morgan fingerprint density at radius 3 is 2.62 bits per heavy atom. The molecule has 6 nitrogen and oxygen atoms in total. The van der Waals surface area contributed by atoms with E-state index in [1.165, 1.54) is 18.2 Å². The molecular weight excluding hydrogens is 308 g/mol. The molecular formula is C18H16N2O4. The first-order valence-corrected chi connectivity index (χ1v) is 7.49. The zero-order valence-corrected chi connectivity index (χ0v) is 13.0. The van der Waals surface area contributed by atoms with Gasteiger partial charge in [0.15, 0.2) is 0 Å². The second-order valence-electron chi connectivity index (χ2n) is 5.69. The molecule has 0 aromatic heterocycles. The molecule has 0 bridgehead atoms. The van der Waals surface area contributed by atoms with E-state index in [0.717, 1.165) is 16.2 Å². The van der Waals surface area contributed by atoms with Crippen molar-refractivity contribution < 1.29 is 19.5 Å². The van der Waals surface area contributed by atoms with E-state index >= 15 is 0 Å². The third-order valence-electron chi connectivity index (χ3n) is 3.86. The highest BCUT2D eigenvalue weighted by molar-refractivity contribution is 6.23. The molecule has 0 spiro atoms. The van der Waals surface area contributed by atoms with Crippen molar-refractivity contribution in [1.29, 1.82) is 0 Å². The summed E-state index contributed by atoms with van der Waals surface area (Å²) >= 11 is 0. The van der Waals surface area contributed by atoms with Crippen molar-refractivity contribution in [2.45, 2.75) is 19.4 Å². The Labute approximate surface area is 138 Å². The summed E-state index contributed by atoms with van der Waals surface area (Å²) in [5.74, 6) is -1.85. The van der Waals surface area contributed by atoms with Crippen molar-refractivity contribution in [3.63, 3.8) is 0 Å². The van der Waals surface area contributed by atoms with E-state index in [0.29, 0.717) is 0 Å². The minimum Gasteiger partial charge on any atom is -0.478 e. The summed E-state index contributed by atoms with van der Waals surface area (Å²) < 4.78 is 0. The van der Waals surface area contributed by atoms with Gasteiger partial charge in [0.2, 0.25) is 5.91 Å². The number of benzene rings is 2. The highest BCUT2D eigenvalue weighted by Gasteiger charge is 2.39. The van der Waals surface area contributed by atoms with Crippen molar-refractivity contribution in [3.8, 4) is 0 Å². The van der Waals surface area contributed by atoms with Gasteiger partial charge in [0, 0.05) is 5.69 Å². The summed E-state index contributed by atoms with van der Waals surface area (Å²) in [7, 11) is 0. The van der Waals surface area contributed by atoms with Crippen LogP contribution in [0, 0.1) is 6.92 Å². The zero-order chi connectivity index (χ0) is 17.3. The predicted octanol–water partition coefficient (Wildman–Crippen LogP) is 2.44. The Kier molecular flexibility index (Phi) is 4.04. The number of imide groups is 1. The van der Waals surface area contributed by atoms with E-state index in [1.54, 1.807) is 6.07 Å². The van der Waals surface area contributed by atoms with Crippen LogP contribution in [-0.4, -0.2) is 28.9 Å². The quantitative estimate of drug-likeness (QED) is 0.844. The van der Waals surface area contributed by atoms with Crippen LogP contribution in [0.15, 0.2) is 48.5 Å². The number of carbonyl (C=O) groups is 3. The van der Waals surface area contributed by atoms with E-state index in [1.807, 2.05) is 31.2 Å². The van der Waals surface area contributed by atoms with Crippen LogP contribution in [0.4, 0.5) is 11.4 Å². The predicted molar refractivity (Wildman–Crippen MR) is 89.1 cm³/mol. The smallest absolute Gasteiger partial charge is 0.335 e. The molecule has 1 unspecified atom stereocenters. The molecule has 2 amide bonds. The third-order valence-corrected chi connectivity index (χ3v) is 3.86. The molecule has 0 aliphatic carbocycles. The van der Waals surface area contributed by atoms with Gasteiger partial charge in [-0.3, -0.25) is 9.59 Å². The van der Waals surface area contributed by atoms with E-state index in [4.69, 9.17) is 5.11 Å². The molecule has 0 saturated carbocycles. The zero-order valence-electron chi connectivity index (χ0n) is 13.0. The molecule has 1 saturated heterocycles. The standard InChI is InChI=1S/C18H16N2O4/c1-11-4-2-6-13(8-11)19-15-10-16(21)20(17(15)22)14-7-3-5-12(9-14)18(23)24/h2-9,15,19H,10H2,1H3,(H,23,24). The fourth-order valence-electron chi connectivity index (χ4n) is 2.73. The summed E-state index contributed by atoms with van der Waals surface area (Å²) in [6, 6.07) is 12.7. The largest absolute Gasteiger partial charge is 0.478 e. The highest BCUT2D eigenvalue weighted by Crippen LogP contribution is 2.26. The molecule has 2 aromatic carbocycles. The summed E-state index contributed by atoms with van der Waals surface area (Å²) in [6.07, 6.45) is 0.0318. The number of nitrogens with zero attached hydrogens (tertiary/aromatic N) is 1. The lowest BCUT2D eigenvalue weighted by Gasteiger charge is -2.16. The summed E-state index contributed by atoms with van der Waals surface area (Å²) in [4.78, 5) is 36.9. The number of carboxylic acids is 1. The van der Waals surface area contributed by atoms with Gasteiger partial charge in [-0.05, 0) is 42.8 Å². The van der Waals surface area contributed by atoms with Crippen molar-refractivity contribution in [2.24, 2.45) is 0 Å². The third kappa shape index (κ3) is 2.99. The van der Waals surface area contributed by atoms with Crippen LogP contribution in [0.5, 0.6) is 0 Å². The Bertz CT molecular complexity index is 831. The maximum absolute atomic E-state index is 12.6. The van der Waals surface area contributed by atoms with Crippen LogP contribution >= 0.6 is 0 Å². The fourth-order valence-corrected chi connectivity index (χ4v) is 2.73. The van der Waals surface area contributed by atoms with Gasteiger partial charge >= 0.3 is 5.97 Å². The summed E-state index contributed by atoms with van der Waals surface area (Å²) in [5.41, 5.74) is 2.12. The molecule has 24 heavy (non-hydrogen) atoms. The summed E-state index contributed by atoms with van der Waals surface area (Å²) in [5, 5.41) is 12.1. The number of hydrogen-bond donors (Lipinski definition) is 2. The lowest BCUT2D eigenvalue weighted by Crippen LogP contribution is -2.34. The Morgan fingerprint density at radius 1 is 1.17 bits per heavy atom. The first-order chi connectivity index (χ1) is 11.5. The summed E-state index contributed by atoms with van der Waals surface area (Å²) in [6.45, 7) is 1.94. The normalized spacial score (nSPS) is 17.2. The van der Waals surface area contributed by atoms with Gasteiger partial charge in [-0.25, -0.2) is 9.69 Å². The number of carbonyl (C=O) groups excluding carboxylic acids is 2. The van der Waals surface area contributed by atoms with Gasteiger partial charge in [-0.2, -0.15) is 0 Å². The SMILES string of the molecule is Cc1cccc(NC2CC(=O)N(c3cccc(C(=O)O)c3)C2=O)c1. The number of aryl methyl sites for hydroxylation is 1. The minimum absolute atomic E-state index is 0.0307. The van der Waals surface area contributed by atoms with Crippen molar-refractivity contribution in [3.05, 3.63) is 59.7 Å². The minimum atomic E-state index is -1.11. The monoisotopic (exact) mass is 324 g/mol. The number of carboxylic acid groups (broad SMARTS) is 1. The van der Waals surface area contributed by atoms with E-state index < -0.39 is 12.0 Å². The van der Waals surface area contributed by atoms with Crippen LogP contribution in [0.2, 0.25) is 0 Å². The van der Waals surface area contributed by atoms with E-state index in [-0.39, 0.29) is 29.5 Å². The van der Waals surface area contributed by atoms with Gasteiger partial charge in [0.25, 0.3) is 5.91 Å². The van der Waals surface area contributed by atoms with Crippen LogP contribution in [0.25, 0.3) is 0 Å². The van der Waals surface area contributed by atoms with Gasteiger partial charge in [-0.1, -0.05) is 18.2 Å². The molecule has 1 aliphatic rings. The van der Waals surface area contributed by atoms with Crippen molar-refractivity contribution in [1.82, 2.24) is 0 Å². The number of rotatable bonds is 4. The molecule has 122 valence electrons. The molecule has 1 heterocycles. The lowest BCUT2D eigenvalue weighted by molar-refractivity contribution is -0.121. The van der Waals surface area contributed by atoms with Crippen LogP contribution in [0.1, 0.15) is 22.3 Å². The number of anilines is 2. The average molecular weight is 324 g/mol. The van der Waals surface area contributed by atoms with Crippen LogP contribution < -0.4 is 10.2 Å². The molecule has 1 atom stereocenters. The maximum atomic E-state index is 12.6. The lowest BCUT2D eigenvalue weighted by atomic mass is 10.2. The van der Waals surface area contributed by atoms with Crippen LogP contribution in [0.3, 0.4) is 0 Å². The molecule has 0 radical (unpaired) electrons. The molecule has 2 N–H and O–H groups in total. The molecule has 3 rings (SSSR count). The first kappa shape index (κ1) is 15.7. The van der Waals surface area contributed by atoms with Gasteiger partial charge in [0.05, 0.1) is 17.7 Å². The number of amides is 2. The second kappa shape index (κ2) is 6.16.